The summed E-state index contributed by atoms with van der Waals surface area (Å²) in [5.41, 5.74) is 5.38. The molecule has 15 heteroatoms. The molecule has 1 aliphatic heterocycles. The molecule has 69 heavy (non-hydrogen) atoms. The van der Waals surface area contributed by atoms with E-state index in [1.54, 1.807) is 27.9 Å². The second-order valence-corrected chi connectivity index (χ2v) is 20.2. The predicted molar refractivity (Wildman–Crippen MR) is 266 cm³/mol. The SMILES string of the molecule is COCC1C[C@@H](c2nc3c(ccc4cc(-c5ccc6c(ccc7[nH]c(CN(C(=O)[C@@H](NC(=O)OC)C(C)C)C8C(C)[C@@H]8C)nc76)c5)ccc43)[nH]2)N(C(=O)[C@H](NC(=O)OC(C)(C)C)c2ccccc2)C1. The van der Waals surface area contributed by atoms with Gasteiger partial charge in [-0.1, -0.05) is 94.4 Å². The van der Waals surface area contributed by atoms with Crippen LogP contribution in [0, 0.1) is 23.7 Å². The van der Waals surface area contributed by atoms with Gasteiger partial charge in [-0.25, -0.2) is 19.6 Å². The van der Waals surface area contributed by atoms with Gasteiger partial charge in [0.1, 0.15) is 29.3 Å². The summed E-state index contributed by atoms with van der Waals surface area (Å²) in [5.74, 6) is 1.52. The molecule has 1 saturated heterocycles. The highest BCUT2D eigenvalue weighted by Crippen LogP contribution is 2.44. The number of fused-ring (bicyclic) bond motifs is 6. The Morgan fingerprint density at radius 2 is 1.42 bits per heavy atom. The maximum absolute atomic E-state index is 14.6. The summed E-state index contributed by atoms with van der Waals surface area (Å²) in [6.07, 6.45) is -0.669. The maximum Gasteiger partial charge on any atom is 0.408 e. The van der Waals surface area contributed by atoms with Crippen LogP contribution in [0.1, 0.15) is 84.2 Å². The molecule has 0 bridgehead atoms. The summed E-state index contributed by atoms with van der Waals surface area (Å²) >= 11 is 0. The normalized spacial score (nSPS) is 20.1. The number of ether oxygens (including phenoxy) is 3. The van der Waals surface area contributed by atoms with Gasteiger partial charge in [0.25, 0.3) is 5.91 Å². The molecule has 0 spiro atoms. The van der Waals surface area contributed by atoms with Crippen molar-refractivity contribution < 1.29 is 33.4 Å². The average molecular weight is 935 g/mol. The molecule has 2 fully saturated rings. The monoisotopic (exact) mass is 934 g/mol. The van der Waals surface area contributed by atoms with Crippen LogP contribution in [0.5, 0.6) is 0 Å². The number of amides is 4. The zero-order chi connectivity index (χ0) is 48.9. The Morgan fingerprint density at radius 1 is 0.797 bits per heavy atom. The van der Waals surface area contributed by atoms with E-state index in [0.29, 0.717) is 48.6 Å². The van der Waals surface area contributed by atoms with Crippen LogP contribution in [0.3, 0.4) is 0 Å². The lowest BCUT2D eigenvalue weighted by Crippen LogP contribution is -2.52. The van der Waals surface area contributed by atoms with Crippen LogP contribution in [0.2, 0.25) is 0 Å². The van der Waals surface area contributed by atoms with Gasteiger partial charge in [0.05, 0.1) is 48.4 Å². The minimum Gasteiger partial charge on any atom is -0.453 e. The highest BCUT2D eigenvalue weighted by molar-refractivity contribution is 6.07. The van der Waals surface area contributed by atoms with E-state index in [1.807, 2.05) is 66.1 Å². The summed E-state index contributed by atoms with van der Waals surface area (Å²) in [4.78, 5) is 75.0. The quantitative estimate of drug-likeness (QED) is 0.0875. The van der Waals surface area contributed by atoms with Crippen molar-refractivity contribution in [3.8, 4) is 11.1 Å². The fourth-order valence-corrected chi connectivity index (χ4v) is 10.1. The zero-order valence-electron chi connectivity index (χ0n) is 40.8. The number of rotatable bonds is 13. The largest absolute Gasteiger partial charge is 0.453 e. The molecule has 2 aliphatic rings. The molecule has 9 rings (SSSR count). The van der Waals surface area contributed by atoms with Gasteiger partial charge in [-0.3, -0.25) is 9.59 Å². The van der Waals surface area contributed by atoms with Crippen molar-refractivity contribution in [2.45, 2.75) is 91.2 Å². The van der Waals surface area contributed by atoms with E-state index in [2.05, 4.69) is 83.0 Å². The first-order valence-electron chi connectivity index (χ1n) is 23.8. The highest BCUT2D eigenvalue weighted by Gasteiger charge is 2.50. The number of aromatic amines is 2. The minimum atomic E-state index is -0.971. The number of H-pyrrole nitrogens is 2. The van der Waals surface area contributed by atoms with Gasteiger partial charge < -0.3 is 44.6 Å². The standard InChI is InChI=1S/C54H62N8O7/c1-29(2)44(59-52(65)68-9)50(63)62(48-30(3)31(48)4)27-43-55-40-21-17-36-24-34(15-19-38(36)46(40)57-43)35-16-20-39-37(25-35)18-22-41-47(39)58-49(56-41)42-23-32(28-67-8)26-61(42)51(64)45(33-13-11-10-12-14-33)60-53(66)69-54(5,6)7/h10-22,24-25,29-32,42,44-45,48H,23,26-28H2,1-9H3,(H,55,57)(H,56,58)(H,59,65)(H,60,66)/t30-,31?,32?,42-,44-,45+,48?/m0/s1. The first kappa shape index (κ1) is 47.1. The van der Waals surface area contributed by atoms with E-state index in [-0.39, 0.29) is 42.3 Å². The van der Waals surface area contributed by atoms with E-state index >= 15 is 0 Å². The van der Waals surface area contributed by atoms with Crippen LogP contribution in [0.4, 0.5) is 9.59 Å². The number of imidazole rings is 2. The summed E-state index contributed by atoms with van der Waals surface area (Å²) < 4.78 is 16.0. The number of carbonyl (C=O) groups excluding carboxylic acids is 4. The predicted octanol–water partition coefficient (Wildman–Crippen LogP) is 9.58. The second-order valence-electron chi connectivity index (χ2n) is 20.2. The van der Waals surface area contributed by atoms with Gasteiger partial charge >= 0.3 is 12.2 Å². The lowest BCUT2D eigenvalue weighted by molar-refractivity contribution is -0.136. The van der Waals surface area contributed by atoms with Crippen molar-refractivity contribution in [2.75, 3.05) is 27.4 Å². The first-order chi connectivity index (χ1) is 33.0. The van der Waals surface area contributed by atoms with Crippen LogP contribution in [-0.2, 0) is 30.3 Å². The molecule has 7 atom stereocenters. The van der Waals surface area contributed by atoms with Crippen LogP contribution in [0.25, 0.3) is 54.7 Å². The molecule has 1 saturated carbocycles. The number of benzene rings is 5. The third-order valence-corrected chi connectivity index (χ3v) is 13.9. The van der Waals surface area contributed by atoms with Gasteiger partial charge in [-0.15, -0.1) is 0 Å². The third kappa shape index (κ3) is 9.56. The van der Waals surface area contributed by atoms with Crippen molar-refractivity contribution in [3.05, 3.63) is 108 Å². The topological polar surface area (TPSA) is 184 Å². The van der Waals surface area contributed by atoms with E-state index in [1.165, 1.54) is 7.11 Å². The summed E-state index contributed by atoms with van der Waals surface area (Å²) in [7, 11) is 2.96. The Bertz CT molecular complexity index is 3060. The summed E-state index contributed by atoms with van der Waals surface area (Å²) in [6, 6.07) is 28.2. The van der Waals surface area contributed by atoms with Gasteiger partial charge in [0, 0.05) is 36.4 Å². The van der Waals surface area contributed by atoms with Gasteiger partial charge in [-0.05, 0) is 96.7 Å². The Labute approximate surface area is 401 Å². The highest BCUT2D eigenvalue weighted by atomic mass is 16.6. The van der Waals surface area contributed by atoms with E-state index in [0.717, 1.165) is 54.7 Å². The van der Waals surface area contributed by atoms with E-state index in [9.17, 15) is 19.2 Å². The first-order valence-corrected chi connectivity index (χ1v) is 23.8. The minimum absolute atomic E-state index is 0.0376. The van der Waals surface area contributed by atoms with Crippen molar-refractivity contribution in [3.63, 3.8) is 0 Å². The van der Waals surface area contributed by atoms with E-state index < -0.39 is 29.9 Å². The number of aromatic nitrogens is 4. The summed E-state index contributed by atoms with van der Waals surface area (Å²) in [5, 5.41) is 9.63. The Kier molecular flexibility index (Phi) is 12.8. The zero-order valence-corrected chi connectivity index (χ0v) is 40.8. The van der Waals surface area contributed by atoms with Crippen molar-refractivity contribution in [2.24, 2.45) is 23.7 Å². The molecule has 360 valence electrons. The summed E-state index contributed by atoms with van der Waals surface area (Å²) in [6.45, 7) is 14.7. The molecule has 4 N–H and O–H groups in total. The van der Waals surface area contributed by atoms with E-state index in [4.69, 9.17) is 24.2 Å². The van der Waals surface area contributed by atoms with Crippen molar-refractivity contribution >= 4 is 67.6 Å². The Balaban J connectivity index is 0.981. The van der Waals surface area contributed by atoms with Crippen LogP contribution < -0.4 is 10.6 Å². The fourth-order valence-electron chi connectivity index (χ4n) is 10.1. The molecule has 2 aromatic heterocycles. The fraction of sp³-hybridized carbons (Fsp3) is 0.407. The molecular weight excluding hydrogens is 873 g/mol. The second kappa shape index (κ2) is 18.8. The number of methoxy groups -OCH3 is 2. The van der Waals surface area contributed by atoms with Crippen LogP contribution in [0.15, 0.2) is 91.0 Å². The molecule has 3 unspecified atom stereocenters. The Morgan fingerprint density at radius 3 is 2.00 bits per heavy atom. The molecule has 7 aromatic rings. The molecular formula is C54H62N8O7. The molecule has 0 radical (unpaired) electrons. The molecule has 3 heterocycles. The average Bonchev–Trinajstić information content (AvgIpc) is 3.80. The number of hydrogen-bond donors (Lipinski definition) is 4. The van der Waals surface area contributed by atoms with Crippen LogP contribution >= 0.6 is 0 Å². The third-order valence-electron chi connectivity index (χ3n) is 13.9. The number of likely N-dealkylation sites (tertiary alicyclic amines) is 1. The van der Waals surface area contributed by atoms with Crippen LogP contribution in [-0.4, -0.2) is 98.8 Å². The molecule has 15 nitrogen and oxygen atoms in total. The van der Waals surface area contributed by atoms with Gasteiger partial charge in [0.2, 0.25) is 5.91 Å². The van der Waals surface area contributed by atoms with Crippen molar-refractivity contribution in [1.29, 1.82) is 0 Å². The van der Waals surface area contributed by atoms with Gasteiger partial charge in [-0.2, -0.15) is 0 Å². The smallest absolute Gasteiger partial charge is 0.408 e. The van der Waals surface area contributed by atoms with Crippen molar-refractivity contribution in [1.82, 2.24) is 40.4 Å². The molecule has 4 amide bonds. The lowest BCUT2D eigenvalue weighted by atomic mass is 9.98. The number of hydrogen-bond acceptors (Lipinski definition) is 9. The number of nitrogens with one attached hydrogen (secondary N) is 4. The Hall–Kier alpha value is -7.00. The maximum atomic E-state index is 14.6. The van der Waals surface area contributed by atoms with Gasteiger partial charge in [0.15, 0.2) is 0 Å². The number of nitrogens with zero attached hydrogens (tertiary/aromatic N) is 4. The number of alkyl carbamates (subject to hydrolysis) is 2. The lowest BCUT2D eigenvalue weighted by Gasteiger charge is -2.29. The molecule has 1 aliphatic carbocycles. The number of carbonyl (C=O) groups is 4. The molecule has 5 aromatic carbocycles.